The Morgan fingerprint density at radius 2 is 2.00 bits per heavy atom. The van der Waals surface area contributed by atoms with E-state index in [4.69, 9.17) is 5.73 Å². The highest BCUT2D eigenvalue weighted by Crippen LogP contribution is 2.25. The minimum atomic E-state index is -0.450. The molecule has 0 atom stereocenters. The van der Waals surface area contributed by atoms with Crippen LogP contribution in [0.1, 0.15) is 10.4 Å². The molecule has 2 aromatic rings. The van der Waals surface area contributed by atoms with Gasteiger partial charge >= 0.3 is 0 Å². The molecule has 0 aromatic heterocycles. The summed E-state index contributed by atoms with van der Waals surface area (Å²) in [6.07, 6.45) is 0. The first kappa shape index (κ1) is 12.6. The molecular weight excluding hydrogens is 299 g/mol. The fraction of sp³-hybridized carbons (Fsp3) is 0. The van der Waals surface area contributed by atoms with Crippen LogP contribution in [0.3, 0.4) is 0 Å². The molecule has 0 heterocycles. The molecule has 3 N–H and O–H groups in total. The van der Waals surface area contributed by atoms with Crippen molar-refractivity contribution in [2.75, 3.05) is 11.1 Å². The van der Waals surface area contributed by atoms with Gasteiger partial charge < -0.3 is 11.1 Å². The fourth-order valence-corrected chi connectivity index (χ4v) is 1.81. The highest BCUT2D eigenvalue weighted by atomic mass is 79.9. The Bertz CT molecular complexity index is 601. The molecule has 2 rings (SSSR count). The molecule has 0 radical (unpaired) electrons. The van der Waals surface area contributed by atoms with Gasteiger partial charge in [0.1, 0.15) is 5.82 Å². The van der Waals surface area contributed by atoms with Crippen molar-refractivity contribution in [3.63, 3.8) is 0 Å². The average molecular weight is 309 g/mol. The first-order valence-electron chi connectivity index (χ1n) is 5.18. The number of nitrogens with one attached hydrogen (secondary N) is 1. The molecule has 1 amide bonds. The Balaban J connectivity index is 2.24. The van der Waals surface area contributed by atoms with Crippen LogP contribution >= 0.6 is 15.9 Å². The second kappa shape index (κ2) is 5.18. The summed E-state index contributed by atoms with van der Waals surface area (Å²) in [5.74, 6) is -0.838. The Morgan fingerprint density at radius 1 is 1.22 bits per heavy atom. The maximum Gasteiger partial charge on any atom is 0.255 e. The van der Waals surface area contributed by atoms with E-state index in [0.29, 0.717) is 15.8 Å². The third-order valence-corrected chi connectivity index (χ3v) is 3.02. The minimum Gasteiger partial charge on any atom is -0.399 e. The SMILES string of the molecule is Nc1ccc(Br)c(NC(=O)c2cccc(F)c2)c1. The monoisotopic (exact) mass is 308 g/mol. The van der Waals surface area contributed by atoms with Crippen molar-refractivity contribution in [1.29, 1.82) is 0 Å². The van der Waals surface area contributed by atoms with Crippen molar-refractivity contribution in [1.82, 2.24) is 0 Å². The van der Waals surface area contributed by atoms with Gasteiger partial charge in [-0.2, -0.15) is 0 Å². The second-order valence-electron chi connectivity index (χ2n) is 3.70. The van der Waals surface area contributed by atoms with Crippen LogP contribution in [0.2, 0.25) is 0 Å². The topological polar surface area (TPSA) is 55.1 Å². The minimum absolute atomic E-state index is 0.254. The van der Waals surface area contributed by atoms with Crippen molar-refractivity contribution in [3.05, 3.63) is 58.3 Å². The van der Waals surface area contributed by atoms with Gasteiger partial charge in [-0.15, -0.1) is 0 Å². The van der Waals surface area contributed by atoms with Crippen LogP contribution in [-0.2, 0) is 0 Å². The number of nitrogen functional groups attached to an aromatic ring is 1. The molecule has 0 fully saturated rings. The summed E-state index contributed by atoms with van der Waals surface area (Å²) < 4.78 is 13.7. The lowest BCUT2D eigenvalue weighted by Gasteiger charge is -2.08. The zero-order chi connectivity index (χ0) is 13.1. The van der Waals surface area contributed by atoms with E-state index in [1.807, 2.05) is 0 Å². The predicted octanol–water partition coefficient (Wildman–Crippen LogP) is 3.42. The number of carbonyl (C=O) groups excluding carboxylic acids is 1. The van der Waals surface area contributed by atoms with Gasteiger partial charge in [-0.05, 0) is 52.3 Å². The summed E-state index contributed by atoms with van der Waals surface area (Å²) in [5, 5.41) is 2.66. The van der Waals surface area contributed by atoms with Crippen LogP contribution in [0.15, 0.2) is 46.9 Å². The number of anilines is 2. The molecule has 0 bridgehead atoms. The van der Waals surface area contributed by atoms with E-state index in [-0.39, 0.29) is 11.5 Å². The quantitative estimate of drug-likeness (QED) is 0.835. The Kier molecular flexibility index (Phi) is 3.62. The molecule has 0 spiro atoms. The van der Waals surface area contributed by atoms with Gasteiger partial charge in [-0.3, -0.25) is 4.79 Å². The van der Waals surface area contributed by atoms with Crippen molar-refractivity contribution in [2.24, 2.45) is 0 Å². The molecule has 18 heavy (non-hydrogen) atoms. The van der Waals surface area contributed by atoms with Crippen LogP contribution in [0.5, 0.6) is 0 Å². The summed E-state index contributed by atoms with van der Waals surface area (Å²) >= 11 is 3.30. The molecule has 0 saturated carbocycles. The van der Waals surface area contributed by atoms with Gasteiger partial charge in [0.25, 0.3) is 5.91 Å². The average Bonchev–Trinajstić information content (AvgIpc) is 2.34. The third-order valence-electron chi connectivity index (χ3n) is 2.33. The highest BCUT2D eigenvalue weighted by Gasteiger charge is 2.09. The fourth-order valence-electron chi connectivity index (χ4n) is 1.46. The number of rotatable bonds is 2. The standard InChI is InChI=1S/C13H10BrFN2O/c14-11-5-4-10(16)7-12(11)17-13(18)8-2-1-3-9(15)6-8/h1-7H,16H2,(H,17,18). The van der Waals surface area contributed by atoms with Crippen molar-refractivity contribution in [3.8, 4) is 0 Å². The normalized spacial score (nSPS) is 10.1. The maximum atomic E-state index is 13.0. The van der Waals surface area contributed by atoms with Gasteiger partial charge in [0, 0.05) is 15.7 Å². The van der Waals surface area contributed by atoms with Gasteiger partial charge in [0.05, 0.1) is 5.69 Å². The number of halogens is 2. The lowest BCUT2D eigenvalue weighted by molar-refractivity contribution is 0.102. The predicted molar refractivity (Wildman–Crippen MR) is 72.9 cm³/mol. The van der Waals surface area contributed by atoms with Gasteiger partial charge in [-0.1, -0.05) is 6.07 Å². The maximum absolute atomic E-state index is 13.0. The Hall–Kier alpha value is -1.88. The van der Waals surface area contributed by atoms with Gasteiger partial charge in [0.15, 0.2) is 0 Å². The smallest absolute Gasteiger partial charge is 0.255 e. The molecular formula is C13H10BrFN2O. The van der Waals surface area contributed by atoms with Crippen LogP contribution in [0, 0.1) is 5.82 Å². The zero-order valence-corrected chi connectivity index (χ0v) is 10.9. The summed E-state index contributed by atoms with van der Waals surface area (Å²) in [6, 6.07) is 10.6. The summed E-state index contributed by atoms with van der Waals surface area (Å²) in [4.78, 5) is 11.9. The van der Waals surface area contributed by atoms with Crippen LogP contribution in [0.4, 0.5) is 15.8 Å². The van der Waals surface area contributed by atoms with Crippen molar-refractivity contribution >= 4 is 33.2 Å². The lowest BCUT2D eigenvalue weighted by atomic mass is 10.2. The lowest BCUT2D eigenvalue weighted by Crippen LogP contribution is -2.12. The molecule has 0 aliphatic carbocycles. The van der Waals surface area contributed by atoms with E-state index in [0.717, 1.165) is 0 Å². The largest absolute Gasteiger partial charge is 0.399 e. The number of benzene rings is 2. The number of amides is 1. The van der Waals surface area contributed by atoms with Crippen molar-refractivity contribution < 1.29 is 9.18 Å². The van der Waals surface area contributed by atoms with E-state index in [9.17, 15) is 9.18 Å². The summed E-state index contributed by atoms with van der Waals surface area (Å²) in [6.45, 7) is 0. The molecule has 0 aliphatic rings. The van der Waals surface area contributed by atoms with E-state index in [1.54, 1.807) is 24.3 Å². The number of carbonyl (C=O) groups is 1. The molecule has 3 nitrogen and oxygen atoms in total. The highest BCUT2D eigenvalue weighted by molar-refractivity contribution is 9.10. The molecule has 0 unspecified atom stereocenters. The van der Waals surface area contributed by atoms with E-state index < -0.39 is 5.82 Å². The van der Waals surface area contributed by atoms with Crippen LogP contribution in [0.25, 0.3) is 0 Å². The number of nitrogens with two attached hydrogens (primary N) is 1. The van der Waals surface area contributed by atoms with E-state index in [2.05, 4.69) is 21.2 Å². The van der Waals surface area contributed by atoms with Gasteiger partial charge in [-0.25, -0.2) is 4.39 Å². The van der Waals surface area contributed by atoms with Gasteiger partial charge in [0.2, 0.25) is 0 Å². The van der Waals surface area contributed by atoms with Crippen LogP contribution in [-0.4, -0.2) is 5.91 Å². The summed E-state index contributed by atoms with van der Waals surface area (Å²) in [7, 11) is 0. The zero-order valence-electron chi connectivity index (χ0n) is 9.28. The number of hydrogen-bond donors (Lipinski definition) is 2. The summed E-state index contributed by atoms with van der Waals surface area (Å²) in [5.41, 5.74) is 6.97. The molecule has 2 aromatic carbocycles. The Labute approximate surface area is 112 Å². The molecule has 92 valence electrons. The molecule has 0 aliphatic heterocycles. The Morgan fingerprint density at radius 3 is 2.72 bits per heavy atom. The first-order chi connectivity index (χ1) is 8.56. The van der Waals surface area contributed by atoms with Crippen molar-refractivity contribution in [2.45, 2.75) is 0 Å². The second-order valence-corrected chi connectivity index (χ2v) is 4.56. The molecule has 5 heteroatoms. The van der Waals surface area contributed by atoms with E-state index >= 15 is 0 Å². The molecule has 0 saturated heterocycles. The number of hydrogen-bond acceptors (Lipinski definition) is 2. The van der Waals surface area contributed by atoms with E-state index in [1.165, 1.54) is 18.2 Å². The third kappa shape index (κ3) is 2.87. The first-order valence-corrected chi connectivity index (χ1v) is 5.97. The van der Waals surface area contributed by atoms with Crippen LogP contribution < -0.4 is 11.1 Å².